The highest BCUT2D eigenvalue weighted by atomic mass is 79.9. The van der Waals surface area contributed by atoms with Crippen LogP contribution < -0.4 is 5.32 Å². The molecule has 0 saturated heterocycles. The van der Waals surface area contributed by atoms with Gasteiger partial charge in [0.25, 0.3) is 11.6 Å². The molecule has 7 nitrogen and oxygen atoms in total. The predicted octanol–water partition coefficient (Wildman–Crippen LogP) is 5.82. The average Bonchev–Trinajstić information content (AvgIpc) is 3.16. The van der Waals surface area contributed by atoms with Crippen molar-refractivity contribution in [3.8, 4) is 17.4 Å². The van der Waals surface area contributed by atoms with Crippen molar-refractivity contribution in [1.29, 1.82) is 5.26 Å². The maximum atomic E-state index is 12.3. The fourth-order valence-corrected chi connectivity index (χ4v) is 3.10. The molecule has 0 aliphatic carbocycles. The Morgan fingerprint density at radius 1 is 1.21 bits per heavy atom. The Kier molecular flexibility index (Phi) is 6.12. The largest absolute Gasteiger partial charge is 0.457 e. The Labute approximate surface area is 178 Å². The number of non-ortho nitro benzene ring substituents is 1. The van der Waals surface area contributed by atoms with E-state index in [2.05, 4.69) is 21.2 Å². The summed E-state index contributed by atoms with van der Waals surface area (Å²) in [4.78, 5) is 22.7. The van der Waals surface area contributed by atoms with E-state index in [0.29, 0.717) is 26.5 Å². The quantitative estimate of drug-likeness (QED) is 0.218. The van der Waals surface area contributed by atoms with Gasteiger partial charge in [0.15, 0.2) is 0 Å². The minimum Gasteiger partial charge on any atom is -0.457 e. The molecule has 9 heteroatoms. The molecule has 1 N–H and O–H groups in total. The van der Waals surface area contributed by atoms with Crippen molar-refractivity contribution in [3.05, 3.63) is 85.5 Å². The number of amides is 1. The lowest BCUT2D eigenvalue weighted by molar-refractivity contribution is -0.384. The molecular weight excluding hydrogens is 462 g/mol. The summed E-state index contributed by atoms with van der Waals surface area (Å²) in [6.07, 6.45) is 1.31. The van der Waals surface area contributed by atoms with Crippen LogP contribution in [0.5, 0.6) is 0 Å². The molecule has 29 heavy (non-hydrogen) atoms. The zero-order valence-electron chi connectivity index (χ0n) is 14.6. The Balaban J connectivity index is 1.82. The van der Waals surface area contributed by atoms with E-state index in [4.69, 9.17) is 16.0 Å². The van der Waals surface area contributed by atoms with E-state index in [1.807, 2.05) is 6.07 Å². The zero-order valence-corrected chi connectivity index (χ0v) is 16.9. The number of carbonyl (C=O) groups is 1. The molecule has 0 fully saturated rings. The van der Waals surface area contributed by atoms with Crippen LogP contribution in [0, 0.1) is 21.4 Å². The van der Waals surface area contributed by atoms with Gasteiger partial charge in [-0.15, -0.1) is 0 Å². The van der Waals surface area contributed by atoms with Crippen LogP contribution in [-0.2, 0) is 4.79 Å². The maximum Gasteiger partial charge on any atom is 0.270 e. The first-order chi connectivity index (χ1) is 13.9. The minimum absolute atomic E-state index is 0.0575. The molecule has 3 rings (SSSR count). The molecule has 1 aromatic heterocycles. The number of benzene rings is 2. The van der Waals surface area contributed by atoms with E-state index >= 15 is 0 Å². The van der Waals surface area contributed by atoms with Gasteiger partial charge in [0.05, 0.1) is 4.92 Å². The van der Waals surface area contributed by atoms with Crippen molar-refractivity contribution in [2.24, 2.45) is 0 Å². The molecule has 0 bridgehead atoms. The van der Waals surface area contributed by atoms with E-state index < -0.39 is 10.8 Å². The van der Waals surface area contributed by atoms with Crippen LogP contribution in [0.15, 0.2) is 69.1 Å². The molecule has 0 spiro atoms. The van der Waals surface area contributed by atoms with E-state index in [0.717, 1.165) is 0 Å². The van der Waals surface area contributed by atoms with E-state index in [-0.39, 0.29) is 17.0 Å². The number of anilines is 1. The predicted molar refractivity (Wildman–Crippen MR) is 112 cm³/mol. The molecule has 0 unspecified atom stereocenters. The summed E-state index contributed by atoms with van der Waals surface area (Å²) in [5.41, 5.74) is 0.886. The standard InChI is InChI=1S/C20H11BrClN3O4/c21-18-10-15(25(27)28)5-7-17(18)19-8-6-16(29-19)9-12(11-23)20(26)24-14-3-1-13(22)2-4-14/h1-10H,(H,24,26)/b12-9+. The molecule has 0 radical (unpaired) electrons. The second kappa shape index (κ2) is 8.73. The van der Waals surface area contributed by atoms with Gasteiger partial charge >= 0.3 is 0 Å². The van der Waals surface area contributed by atoms with Gasteiger partial charge in [-0.1, -0.05) is 11.6 Å². The highest BCUT2D eigenvalue weighted by Crippen LogP contribution is 2.33. The van der Waals surface area contributed by atoms with Gasteiger partial charge in [0.2, 0.25) is 0 Å². The third-order valence-corrected chi connectivity index (χ3v) is 4.72. The SMILES string of the molecule is N#C/C(=C\c1ccc(-c2ccc([N+](=O)[O-])cc2Br)o1)C(=O)Nc1ccc(Cl)cc1. The molecule has 0 aliphatic rings. The molecule has 3 aromatic rings. The number of rotatable bonds is 5. The number of halogens is 2. The lowest BCUT2D eigenvalue weighted by Gasteiger charge is -2.04. The summed E-state index contributed by atoms with van der Waals surface area (Å²) >= 11 is 9.09. The summed E-state index contributed by atoms with van der Waals surface area (Å²) in [5, 5.41) is 23.3. The van der Waals surface area contributed by atoms with Crippen LogP contribution in [0.1, 0.15) is 5.76 Å². The summed E-state index contributed by atoms with van der Waals surface area (Å²) in [6, 6.07) is 15.8. The first-order valence-electron chi connectivity index (χ1n) is 8.10. The van der Waals surface area contributed by atoms with Gasteiger partial charge in [0.1, 0.15) is 23.2 Å². The normalized spacial score (nSPS) is 11.0. The van der Waals surface area contributed by atoms with Crippen molar-refractivity contribution in [2.75, 3.05) is 5.32 Å². The summed E-state index contributed by atoms with van der Waals surface area (Å²) in [7, 11) is 0. The molecule has 0 saturated carbocycles. The molecule has 2 aromatic carbocycles. The number of nitriles is 1. The van der Waals surface area contributed by atoms with E-state index in [1.54, 1.807) is 42.5 Å². The molecule has 1 heterocycles. The Bertz CT molecular complexity index is 1160. The van der Waals surface area contributed by atoms with Gasteiger partial charge in [0, 0.05) is 39.0 Å². The van der Waals surface area contributed by atoms with Crippen molar-refractivity contribution in [1.82, 2.24) is 0 Å². The molecule has 1 amide bonds. The van der Waals surface area contributed by atoms with Crippen LogP contribution in [0.25, 0.3) is 17.4 Å². The van der Waals surface area contributed by atoms with Crippen LogP contribution >= 0.6 is 27.5 Å². The lowest BCUT2D eigenvalue weighted by atomic mass is 10.1. The zero-order chi connectivity index (χ0) is 21.0. The molecule has 0 atom stereocenters. The monoisotopic (exact) mass is 471 g/mol. The number of furan rings is 1. The number of nitro groups is 1. The van der Waals surface area contributed by atoms with E-state index in [9.17, 15) is 20.2 Å². The van der Waals surface area contributed by atoms with Crippen molar-refractivity contribution in [3.63, 3.8) is 0 Å². The Morgan fingerprint density at radius 2 is 1.93 bits per heavy atom. The topological polar surface area (TPSA) is 109 Å². The average molecular weight is 473 g/mol. The number of nitro benzene ring substituents is 1. The number of hydrogen-bond donors (Lipinski definition) is 1. The summed E-state index contributed by atoms with van der Waals surface area (Å²) < 4.78 is 6.16. The minimum atomic E-state index is -0.593. The van der Waals surface area contributed by atoms with Crippen LogP contribution in [0.2, 0.25) is 5.02 Å². The third-order valence-electron chi connectivity index (χ3n) is 3.81. The lowest BCUT2D eigenvalue weighted by Crippen LogP contribution is -2.13. The van der Waals surface area contributed by atoms with Crippen molar-refractivity contribution in [2.45, 2.75) is 0 Å². The van der Waals surface area contributed by atoms with Crippen molar-refractivity contribution < 1.29 is 14.1 Å². The van der Waals surface area contributed by atoms with Crippen LogP contribution in [0.3, 0.4) is 0 Å². The smallest absolute Gasteiger partial charge is 0.270 e. The fourth-order valence-electron chi connectivity index (χ4n) is 2.42. The van der Waals surface area contributed by atoms with Gasteiger partial charge < -0.3 is 9.73 Å². The van der Waals surface area contributed by atoms with Gasteiger partial charge in [-0.25, -0.2) is 0 Å². The Hall–Kier alpha value is -3.41. The summed E-state index contributed by atoms with van der Waals surface area (Å²) in [6.45, 7) is 0. The molecular formula is C20H11BrClN3O4. The third kappa shape index (κ3) is 4.90. The molecule has 144 valence electrons. The highest BCUT2D eigenvalue weighted by molar-refractivity contribution is 9.10. The van der Waals surface area contributed by atoms with Crippen LogP contribution in [-0.4, -0.2) is 10.8 Å². The number of hydrogen-bond acceptors (Lipinski definition) is 5. The summed E-state index contributed by atoms with van der Waals surface area (Å²) in [5.74, 6) is 0.116. The number of nitrogens with one attached hydrogen (secondary N) is 1. The highest BCUT2D eigenvalue weighted by Gasteiger charge is 2.14. The number of carbonyl (C=O) groups excluding carboxylic acids is 1. The first-order valence-corrected chi connectivity index (χ1v) is 9.27. The Morgan fingerprint density at radius 3 is 2.55 bits per heavy atom. The molecule has 0 aliphatic heterocycles. The van der Waals surface area contributed by atoms with Crippen LogP contribution in [0.4, 0.5) is 11.4 Å². The van der Waals surface area contributed by atoms with Gasteiger partial charge in [-0.2, -0.15) is 5.26 Å². The maximum absolute atomic E-state index is 12.3. The van der Waals surface area contributed by atoms with Crippen molar-refractivity contribution >= 4 is 50.9 Å². The second-order valence-electron chi connectivity index (χ2n) is 5.75. The first kappa shape index (κ1) is 20.3. The fraction of sp³-hybridized carbons (Fsp3) is 0. The van der Waals surface area contributed by atoms with Gasteiger partial charge in [-0.3, -0.25) is 14.9 Å². The van der Waals surface area contributed by atoms with Gasteiger partial charge in [-0.05, 0) is 58.4 Å². The second-order valence-corrected chi connectivity index (χ2v) is 7.04. The van der Waals surface area contributed by atoms with E-state index in [1.165, 1.54) is 18.2 Å². The number of nitrogens with zero attached hydrogens (tertiary/aromatic N) is 2.